The average molecular weight is 408 g/mol. The van der Waals surface area contributed by atoms with E-state index in [1.165, 1.54) is 0 Å². The van der Waals surface area contributed by atoms with Gasteiger partial charge in [0.1, 0.15) is 0 Å². The van der Waals surface area contributed by atoms with Gasteiger partial charge in [0.05, 0.1) is 11.1 Å². The van der Waals surface area contributed by atoms with Gasteiger partial charge in [-0.05, 0) is 61.9 Å². The second kappa shape index (κ2) is 7.08. The Labute approximate surface area is 174 Å². The maximum absolute atomic E-state index is 12.8. The van der Waals surface area contributed by atoms with Gasteiger partial charge in [0.15, 0.2) is 0 Å². The van der Waals surface area contributed by atoms with E-state index in [1.54, 1.807) is 18.0 Å². The van der Waals surface area contributed by atoms with Gasteiger partial charge in [0.25, 0.3) is 5.91 Å². The van der Waals surface area contributed by atoms with Crippen LogP contribution in [0.5, 0.6) is 0 Å². The third-order valence-corrected chi connectivity index (χ3v) is 5.89. The second-order valence-electron chi connectivity index (χ2n) is 7.73. The highest BCUT2D eigenvalue weighted by Crippen LogP contribution is 2.41. The molecule has 6 heteroatoms. The van der Waals surface area contributed by atoms with Crippen LogP contribution >= 0.6 is 11.6 Å². The standard InChI is InChI=1S/C23H22ClN3O2/c1-23(2)17-13-15(9-10-20(17)26(3)22(23)29)21(28)25-14-16-18(24)7-6-8-19(16)27-11-4-5-12-27/h4-13H,14H2,1-3H3,(H,25,28). The van der Waals surface area contributed by atoms with Gasteiger partial charge >= 0.3 is 0 Å². The van der Waals surface area contributed by atoms with E-state index in [1.807, 2.05) is 73.3 Å². The van der Waals surface area contributed by atoms with E-state index in [2.05, 4.69) is 5.32 Å². The molecule has 2 heterocycles. The highest BCUT2D eigenvalue weighted by atomic mass is 35.5. The fourth-order valence-corrected chi connectivity index (χ4v) is 4.08. The molecule has 2 aromatic carbocycles. The number of aromatic nitrogens is 1. The number of nitrogens with zero attached hydrogens (tertiary/aromatic N) is 2. The number of rotatable bonds is 4. The molecule has 4 rings (SSSR count). The zero-order valence-corrected chi connectivity index (χ0v) is 17.3. The van der Waals surface area contributed by atoms with Crippen LogP contribution in [0.4, 0.5) is 5.69 Å². The maximum atomic E-state index is 12.8. The summed E-state index contributed by atoms with van der Waals surface area (Å²) < 4.78 is 1.97. The summed E-state index contributed by atoms with van der Waals surface area (Å²) in [6, 6.07) is 14.9. The third kappa shape index (κ3) is 3.21. The number of carbonyl (C=O) groups is 2. The van der Waals surface area contributed by atoms with E-state index in [4.69, 9.17) is 11.6 Å². The Kier molecular flexibility index (Phi) is 4.71. The van der Waals surface area contributed by atoms with E-state index in [0.717, 1.165) is 22.5 Å². The molecule has 1 N–H and O–H groups in total. The fraction of sp³-hybridized carbons (Fsp3) is 0.217. The molecule has 2 amide bonds. The maximum Gasteiger partial charge on any atom is 0.251 e. The van der Waals surface area contributed by atoms with E-state index >= 15 is 0 Å². The molecule has 0 fully saturated rings. The largest absolute Gasteiger partial charge is 0.348 e. The molecule has 0 saturated heterocycles. The molecule has 0 unspecified atom stereocenters. The summed E-state index contributed by atoms with van der Waals surface area (Å²) in [5.74, 6) is -0.179. The van der Waals surface area contributed by atoms with Crippen LogP contribution in [0.1, 0.15) is 35.3 Å². The molecule has 0 spiro atoms. The number of benzene rings is 2. The van der Waals surface area contributed by atoms with Crippen LogP contribution in [0.25, 0.3) is 5.69 Å². The Bertz CT molecular complexity index is 1100. The number of carbonyl (C=O) groups excluding carboxylic acids is 2. The predicted molar refractivity (Wildman–Crippen MR) is 115 cm³/mol. The fourth-order valence-electron chi connectivity index (χ4n) is 3.84. The van der Waals surface area contributed by atoms with Gasteiger partial charge < -0.3 is 14.8 Å². The molecule has 0 saturated carbocycles. The minimum Gasteiger partial charge on any atom is -0.348 e. The van der Waals surface area contributed by atoms with Crippen LogP contribution in [-0.2, 0) is 16.8 Å². The predicted octanol–water partition coefficient (Wildman–Crippen LogP) is 4.31. The lowest BCUT2D eigenvalue weighted by Gasteiger charge is -2.17. The summed E-state index contributed by atoms with van der Waals surface area (Å²) in [6.07, 6.45) is 3.88. The van der Waals surface area contributed by atoms with Crippen molar-refractivity contribution in [3.8, 4) is 5.69 Å². The molecular weight excluding hydrogens is 386 g/mol. The summed E-state index contributed by atoms with van der Waals surface area (Å²) in [5.41, 5.74) is 3.35. The summed E-state index contributed by atoms with van der Waals surface area (Å²) in [7, 11) is 1.76. The van der Waals surface area contributed by atoms with Crippen molar-refractivity contribution in [1.29, 1.82) is 0 Å². The number of likely N-dealkylation sites (N-methyl/N-ethyl adjacent to an activating group) is 1. The summed E-state index contributed by atoms with van der Waals surface area (Å²) in [4.78, 5) is 27.0. The number of amides is 2. The smallest absolute Gasteiger partial charge is 0.251 e. The van der Waals surface area contributed by atoms with Crippen molar-refractivity contribution in [2.45, 2.75) is 25.8 Å². The number of halogens is 1. The Morgan fingerprint density at radius 1 is 1.07 bits per heavy atom. The van der Waals surface area contributed by atoms with Crippen molar-refractivity contribution in [2.75, 3.05) is 11.9 Å². The van der Waals surface area contributed by atoms with E-state index < -0.39 is 5.41 Å². The quantitative estimate of drug-likeness (QED) is 0.700. The monoisotopic (exact) mass is 407 g/mol. The first-order valence-electron chi connectivity index (χ1n) is 9.42. The zero-order chi connectivity index (χ0) is 20.8. The highest BCUT2D eigenvalue weighted by molar-refractivity contribution is 6.31. The molecule has 5 nitrogen and oxygen atoms in total. The van der Waals surface area contributed by atoms with E-state index in [9.17, 15) is 9.59 Å². The van der Waals surface area contributed by atoms with Crippen molar-refractivity contribution in [3.05, 3.63) is 82.6 Å². The lowest BCUT2D eigenvalue weighted by atomic mass is 9.85. The molecule has 0 radical (unpaired) electrons. The topological polar surface area (TPSA) is 54.3 Å². The van der Waals surface area contributed by atoms with Crippen molar-refractivity contribution in [3.63, 3.8) is 0 Å². The first-order chi connectivity index (χ1) is 13.8. The van der Waals surface area contributed by atoms with Crippen LogP contribution in [-0.4, -0.2) is 23.4 Å². The van der Waals surface area contributed by atoms with Crippen molar-refractivity contribution in [1.82, 2.24) is 9.88 Å². The number of anilines is 1. The first kappa shape index (κ1) is 19.3. The number of fused-ring (bicyclic) bond motifs is 1. The normalized spacial score (nSPS) is 14.8. The molecule has 1 aliphatic heterocycles. The number of hydrogen-bond acceptors (Lipinski definition) is 2. The van der Waals surface area contributed by atoms with Gasteiger partial charge in [-0.15, -0.1) is 0 Å². The number of hydrogen-bond donors (Lipinski definition) is 1. The third-order valence-electron chi connectivity index (χ3n) is 5.54. The van der Waals surface area contributed by atoms with Crippen molar-refractivity contribution in [2.24, 2.45) is 0 Å². The van der Waals surface area contributed by atoms with Gasteiger partial charge in [-0.1, -0.05) is 17.7 Å². The molecular formula is C23H22ClN3O2. The van der Waals surface area contributed by atoms with Crippen LogP contribution in [0.15, 0.2) is 60.9 Å². The average Bonchev–Trinajstić information content (AvgIpc) is 3.30. The molecule has 1 aliphatic rings. The number of nitrogens with one attached hydrogen (secondary N) is 1. The molecule has 0 bridgehead atoms. The lowest BCUT2D eigenvalue weighted by molar-refractivity contribution is -0.121. The second-order valence-corrected chi connectivity index (χ2v) is 8.14. The van der Waals surface area contributed by atoms with Crippen LogP contribution in [0.3, 0.4) is 0 Å². The summed E-state index contributed by atoms with van der Waals surface area (Å²) in [6.45, 7) is 4.06. The van der Waals surface area contributed by atoms with Gasteiger partial charge in [-0.2, -0.15) is 0 Å². The minimum atomic E-state index is -0.648. The Morgan fingerprint density at radius 2 is 1.79 bits per heavy atom. The molecule has 29 heavy (non-hydrogen) atoms. The lowest BCUT2D eigenvalue weighted by Crippen LogP contribution is -2.33. The highest BCUT2D eigenvalue weighted by Gasteiger charge is 2.42. The summed E-state index contributed by atoms with van der Waals surface area (Å²) in [5, 5.41) is 3.56. The summed E-state index contributed by atoms with van der Waals surface area (Å²) >= 11 is 6.41. The molecule has 3 aromatic rings. The van der Waals surface area contributed by atoms with Gasteiger partial charge in [-0.25, -0.2) is 0 Å². The first-order valence-corrected chi connectivity index (χ1v) is 9.80. The Balaban J connectivity index is 1.59. The SMILES string of the molecule is CN1C(=O)C(C)(C)c2cc(C(=O)NCc3c(Cl)cccc3-n3cccc3)ccc21. The van der Waals surface area contributed by atoms with Crippen LogP contribution in [0, 0.1) is 0 Å². The van der Waals surface area contributed by atoms with Crippen molar-refractivity contribution >= 4 is 29.1 Å². The van der Waals surface area contributed by atoms with Gasteiger partial charge in [0, 0.05) is 47.8 Å². The van der Waals surface area contributed by atoms with Crippen molar-refractivity contribution < 1.29 is 9.59 Å². The van der Waals surface area contributed by atoms with Gasteiger partial charge in [-0.3, -0.25) is 9.59 Å². The molecule has 0 atom stereocenters. The van der Waals surface area contributed by atoms with Crippen LogP contribution in [0.2, 0.25) is 5.02 Å². The minimum absolute atomic E-state index is 0.0255. The van der Waals surface area contributed by atoms with E-state index in [-0.39, 0.29) is 11.8 Å². The zero-order valence-electron chi connectivity index (χ0n) is 16.6. The Hall–Kier alpha value is -3.05. The van der Waals surface area contributed by atoms with Crippen LogP contribution < -0.4 is 10.2 Å². The van der Waals surface area contributed by atoms with E-state index in [0.29, 0.717) is 17.1 Å². The molecule has 148 valence electrons. The van der Waals surface area contributed by atoms with Gasteiger partial charge in [0.2, 0.25) is 5.91 Å². The molecule has 1 aromatic heterocycles. The molecule has 0 aliphatic carbocycles. The Morgan fingerprint density at radius 3 is 2.52 bits per heavy atom.